The summed E-state index contributed by atoms with van der Waals surface area (Å²) in [6.45, 7) is 3.08. The number of urea groups is 1. The van der Waals surface area contributed by atoms with Crippen molar-refractivity contribution in [2.75, 3.05) is 7.11 Å². The second-order valence-corrected chi connectivity index (χ2v) is 5.09. The van der Waals surface area contributed by atoms with Crippen LogP contribution in [0, 0.1) is 0 Å². The fraction of sp³-hybridized carbons (Fsp3) is 0.286. The van der Waals surface area contributed by atoms with Gasteiger partial charge >= 0.3 is 6.03 Å². The molecule has 112 valence electrons. The summed E-state index contributed by atoms with van der Waals surface area (Å²) < 4.78 is 5.04. The molecule has 21 heavy (non-hydrogen) atoms. The first-order valence-electron chi connectivity index (χ1n) is 6.20. The number of allylic oxidation sites excluding steroid dienone is 1. The summed E-state index contributed by atoms with van der Waals surface area (Å²) >= 11 is 5.96. The molecule has 2 rings (SSSR count). The summed E-state index contributed by atoms with van der Waals surface area (Å²) in [7, 11) is 1.39. The number of halogens is 1. The minimum absolute atomic E-state index is 0.0812. The van der Waals surface area contributed by atoms with Crippen molar-refractivity contribution in [2.45, 2.75) is 19.9 Å². The number of methoxy groups -OCH3 is 1. The lowest BCUT2D eigenvalue weighted by atomic mass is 9.93. The number of phenols is 1. The number of aromatic hydroxyl groups is 1. The van der Waals surface area contributed by atoms with Gasteiger partial charge in [0.05, 0.1) is 18.2 Å². The fourth-order valence-electron chi connectivity index (χ4n) is 2.33. The summed E-state index contributed by atoms with van der Waals surface area (Å²) in [5.74, 6) is -0.188. The minimum Gasteiger partial charge on any atom is -0.503 e. The van der Waals surface area contributed by atoms with Crippen molar-refractivity contribution < 1.29 is 19.4 Å². The number of phenolic OH excluding ortho intramolecular Hbond substituents is 1. The molecule has 1 aliphatic rings. The summed E-state index contributed by atoms with van der Waals surface area (Å²) in [5.41, 5.74) is 1.46. The number of benzene rings is 1. The molecule has 1 heterocycles. The fourth-order valence-corrected chi connectivity index (χ4v) is 2.55. The van der Waals surface area contributed by atoms with Crippen molar-refractivity contribution in [3.8, 4) is 11.5 Å². The Hall–Kier alpha value is -2.21. The van der Waals surface area contributed by atoms with Crippen molar-refractivity contribution in [1.82, 2.24) is 10.6 Å². The molecule has 1 unspecified atom stereocenters. The zero-order valence-electron chi connectivity index (χ0n) is 11.8. The zero-order chi connectivity index (χ0) is 15.7. The lowest BCUT2D eigenvalue weighted by molar-refractivity contribution is -0.114. The molecule has 7 heteroatoms. The average Bonchev–Trinajstić information content (AvgIpc) is 2.40. The Morgan fingerprint density at radius 2 is 2.10 bits per heavy atom. The number of Topliss-reactive ketones (excluding diaryl/α,β-unsaturated/α-hetero) is 1. The monoisotopic (exact) mass is 310 g/mol. The van der Waals surface area contributed by atoms with E-state index in [1.807, 2.05) is 0 Å². The molecule has 0 saturated carbocycles. The number of hydrogen-bond donors (Lipinski definition) is 3. The van der Waals surface area contributed by atoms with Gasteiger partial charge in [0.15, 0.2) is 17.3 Å². The molecule has 0 spiro atoms. The van der Waals surface area contributed by atoms with Gasteiger partial charge in [0.25, 0.3) is 0 Å². The predicted octanol–water partition coefficient (Wildman–Crippen LogP) is 2.27. The van der Waals surface area contributed by atoms with Crippen LogP contribution in [0.25, 0.3) is 0 Å². The van der Waals surface area contributed by atoms with Gasteiger partial charge in [0, 0.05) is 11.3 Å². The third kappa shape index (κ3) is 2.80. The van der Waals surface area contributed by atoms with E-state index in [0.717, 1.165) is 0 Å². The number of carbonyl (C=O) groups excluding carboxylic acids is 2. The number of amides is 2. The first-order valence-corrected chi connectivity index (χ1v) is 6.58. The Kier molecular flexibility index (Phi) is 4.09. The van der Waals surface area contributed by atoms with Gasteiger partial charge in [0.1, 0.15) is 0 Å². The molecule has 0 fully saturated rings. The normalized spacial score (nSPS) is 18.1. The number of ketones is 1. The number of rotatable bonds is 3. The average molecular weight is 311 g/mol. The SMILES string of the molecule is COc1cc(C2NC(=O)NC(C)=C2C(C)=O)cc(Cl)c1O. The van der Waals surface area contributed by atoms with Gasteiger partial charge in [-0.2, -0.15) is 0 Å². The number of nitrogens with one attached hydrogen (secondary N) is 2. The molecule has 6 nitrogen and oxygen atoms in total. The number of hydrogen-bond acceptors (Lipinski definition) is 4. The molecule has 0 saturated heterocycles. The Labute approximate surface area is 126 Å². The van der Waals surface area contributed by atoms with Gasteiger partial charge in [0.2, 0.25) is 0 Å². The van der Waals surface area contributed by atoms with E-state index in [-0.39, 0.29) is 22.3 Å². The third-order valence-electron chi connectivity index (χ3n) is 3.25. The molecule has 0 aliphatic carbocycles. The molecule has 0 radical (unpaired) electrons. The predicted molar refractivity (Wildman–Crippen MR) is 77.5 cm³/mol. The maximum Gasteiger partial charge on any atom is 0.319 e. The zero-order valence-corrected chi connectivity index (χ0v) is 12.5. The van der Waals surface area contributed by atoms with E-state index in [1.54, 1.807) is 6.92 Å². The van der Waals surface area contributed by atoms with Gasteiger partial charge in [-0.3, -0.25) is 4.79 Å². The molecule has 1 aromatic rings. The van der Waals surface area contributed by atoms with Crippen LogP contribution < -0.4 is 15.4 Å². The van der Waals surface area contributed by atoms with Crippen molar-refractivity contribution in [3.05, 3.63) is 34.0 Å². The van der Waals surface area contributed by atoms with Crippen LogP contribution in [0.4, 0.5) is 4.79 Å². The maximum absolute atomic E-state index is 11.8. The largest absolute Gasteiger partial charge is 0.503 e. The Morgan fingerprint density at radius 3 is 2.67 bits per heavy atom. The highest BCUT2D eigenvalue weighted by atomic mass is 35.5. The molecule has 1 atom stereocenters. The Bertz CT molecular complexity index is 655. The van der Waals surface area contributed by atoms with E-state index < -0.39 is 12.1 Å². The summed E-state index contributed by atoms with van der Waals surface area (Å²) in [4.78, 5) is 23.5. The summed E-state index contributed by atoms with van der Waals surface area (Å²) in [5, 5.41) is 15.1. The number of ether oxygens (including phenoxy) is 1. The van der Waals surface area contributed by atoms with Crippen LogP contribution in [0.5, 0.6) is 11.5 Å². The lowest BCUT2D eigenvalue weighted by Gasteiger charge is -2.28. The first kappa shape index (κ1) is 15.2. The van der Waals surface area contributed by atoms with Crippen LogP contribution in [-0.2, 0) is 4.79 Å². The quantitative estimate of drug-likeness (QED) is 0.799. The van der Waals surface area contributed by atoms with Gasteiger partial charge in [-0.15, -0.1) is 0 Å². The van der Waals surface area contributed by atoms with E-state index >= 15 is 0 Å². The Balaban J connectivity index is 2.58. The van der Waals surface area contributed by atoms with Gasteiger partial charge in [-0.25, -0.2) is 4.79 Å². The molecular weight excluding hydrogens is 296 g/mol. The standard InChI is InChI=1S/C14H15ClN2O4/c1-6-11(7(2)18)12(17-14(20)16-6)8-4-9(15)13(19)10(5-8)21-3/h4-5,12,19H,1-3H3,(H2,16,17,20). The van der Waals surface area contributed by atoms with Crippen LogP contribution in [0.3, 0.4) is 0 Å². The second-order valence-electron chi connectivity index (χ2n) is 4.68. The van der Waals surface area contributed by atoms with E-state index in [0.29, 0.717) is 16.8 Å². The smallest absolute Gasteiger partial charge is 0.319 e. The molecule has 3 N–H and O–H groups in total. The van der Waals surface area contributed by atoms with Crippen molar-refractivity contribution >= 4 is 23.4 Å². The van der Waals surface area contributed by atoms with E-state index in [9.17, 15) is 14.7 Å². The summed E-state index contributed by atoms with van der Waals surface area (Å²) in [6.07, 6.45) is 0. The Morgan fingerprint density at radius 1 is 1.43 bits per heavy atom. The first-order chi connectivity index (χ1) is 9.85. The van der Waals surface area contributed by atoms with E-state index in [1.165, 1.54) is 26.2 Å². The molecule has 0 bridgehead atoms. The summed E-state index contributed by atoms with van der Waals surface area (Å²) in [6, 6.07) is 1.97. The second kappa shape index (κ2) is 5.65. The lowest BCUT2D eigenvalue weighted by Crippen LogP contribution is -2.44. The van der Waals surface area contributed by atoms with Crippen LogP contribution in [0.15, 0.2) is 23.4 Å². The maximum atomic E-state index is 11.8. The van der Waals surface area contributed by atoms with Crippen molar-refractivity contribution in [3.63, 3.8) is 0 Å². The van der Waals surface area contributed by atoms with Crippen molar-refractivity contribution in [1.29, 1.82) is 0 Å². The van der Waals surface area contributed by atoms with Crippen molar-refractivity contribution in [2.24, 2.45) is 0 Å². The minimum atomic E-state index is -0.650. The van der Waals surface area contributed by atoms with Crippen LogP contribution in [-0.4, -0.2) is 24.0 Å². The highest BCUT2D eigenvalue weighted by molar-refractivity contribution is 6.32. The molecule has 2 amide bonds. The van der Waals surface area contributed by atoms with Gasteiger partial charge in [-0.05, 0) is 31.5 Å². The van der Waals surface area contributed by atoms with Crippen LogP contribution in [0.1, 0.15) is 25.5 Å². The van der Waals surface area contributed by atoms with E-state index in [4.69, 9.17) is 16.3 Å². The van der Waals surface area contributed by atoms with E-state index in [2.05, 4.69) is 10.6 Å². The van der Waals surface area contributed by atoms with Crippen LogP contribution >= 0.6 is 11.6 Å². The molecule has 0 aromatic heterocycles. The van der Waals surface area contributed by atoms with Gasteiger partial charge in [-0.1, -0.05) is 11.6 Å². The molecule has 1 aromatic carbocycles. The molecule has 1 aliphatic heterocycles. The third-order valence-corrected chi connectivity index (χ3v) is 3.54. The highest BCUT2D eigenvalue weighted by Gasteiger charge is 2.30. The molecular formula is C14H15ClN2O4. The van der Waals surface area contributed by atoms with Gasteiger partial charge < -0.3 is 20.5 Å². The van der Waals surface area contributed by atoms with Crippen LogP contribution in [0.2, 0.25) is 5.02 Å². The topological polar surface area (TPSA) is 87.7 Å². The number of carbonyl (C=O) groups is 2. The highest BCUT2D eigenvalue weighted by Crippen LogP contribution is 2.38.